The number of ether oxygens (including phenoxy) is 1. The monoisotopic (exact) mass is 327 g/mol. The van der Waals surface area contributed by atoms with Crippen molar-refractivity contribution in [1.82, 2.24) is 4.98 Å². The fourth-order valence-corrected chi connectivity index (χ4v) is 2.01. The first-order valence-corrected chi connectivity index (χ1v) is 6.21. The lowest BCUT2D eigenvalue weighted by Crippen LogP contribution is -2.13. The molecule has 0 saturated carbocycles. The van der Waals surface area contributed by atoms with Gasteiger partial charge in [-0.05, 0) is 24.3 Å². The van der Waals surface area contributed by atoms with Gasteiger partial charge in [0.2, 0.25) is 34.8 Å². The van der Waals surface area contributed by atoms with E-state index < -0.39 is 40.8 Å². The zero-order chi connectivity index (χ0) is 16.7. The summed E-state index contributed by atoms with van der Waals surface area (Å²) in [6.07, 6.45) is 1.60. The number of benzene rings is 2. The molecule has 0 aliphatic carbocycles. The van der Waals surface area contributed by atoms with E-state index in [1.165, 1.54) is 18.2 Å². The first-order chi connectivity index (χ1) is 10.9. The number of nitrogens with one attached hydrogen (secondary N) is 1. The van der Waals surface area contributed by atoms with Crippen LogP contribution >= 0.6 is 0 Å². The second-order valence-corrected chi connectivity index (χ2v) is 4.57. The van der Waals surface area contributed by atoms with Crippen molar-refractivity contribution in [2.75, 3.05) is 0 Å². The Hall–Kier alpha value is -2.90. The summed E-state index contributed by atoms with van der Waals surface area (Å²) in [6, 6.07) is 5.77. The Morgan fingerprint density at radius 2 is 1.48 bits per heavy atom. The molecule has 0 saturated heterocycles. The highest BCUT2D eigenvalue weighted by Gasteiger charge is 2.28. The molecular formula is C15H6F5NO2. The van der Waals surface area contributed by atoms with Crippen LogP contribution in [0.2, 0.25) is 0 Å². The van der Waals surface area contributed by atoms with E-state index in [0.29, 0.717) is 10.9 Å². The van der Waals surface area contributed by atoms with Crippen LogP contribution in [0.1, 0.15) is 10.4 Å². The maximum absolute atomic E-state index is 13.5. The number of esters is 1. The molecule has 2 aromatic carbocycles. The molecule has 0 spiro atoms. The highest BCUT2D eigenvalue weighted by Crippen LogP contribution is 2.29. The molecule has 3 aromatic rings. The molecule has 3 rings (SSSR count). The summed E-state index contributed by atoms with van der Waals surface area (Å²) in [7, 11) is 0. The van der Waals surface area contributed by atoms with Crippen LogP contribution in [0.5, 0.6) is 5.75 Å². The minimum atomic E-state index is -2.33. The van der Waals surface area contributed by atoms with E-state index in [0.717, 1.165) is 0 Å². The maximum atomic E-state index is 13.5. The predicted molar refractivity (Wildman–Crippen MR) is 69.5 cm³/mol. The summed E-state index contributed by atoms with van der Waals surface area (Å²) in [6.45, 7) is 0. The first-order valence-electron chi connectivity index (χ1n) is 6.21. The molecule has 0 radical (unpaired) electrons. The molecule has 3 nitrogen and oxygen atoms in total. The van der Waals surface area contributed by atoms with Crippen molar-refractivity contribution in [3.63, 3.8) is 0 Å². The molecule has 23 heavy (non-hydrogen) atoms. The van der Waals surface area contributed by atoms with Gasteiger partial charge in [0.25, 0.3) is 0 Å². The van der Waals surface area contributed by atoms with Crippen molar-refractivity contribution in [3.8, 4) is 5.75 Å². The van der Waals surface area contributed by atoms with Gasteiger partial charge in [0.15, 0.2) is 0 Å². The normalized spacial score (nSPS) is 11.0. The first kappa shape index (κ1) is 15.0. The molecule has 118 valence electrons. The summed E-state index contributed by atoms with van der Waals surface area (Å²) in [4.78, 5) is 14.7. The van der Waals surface area contributed by atoms with Gasteiger partial charge in [-0.1, -0.05) is 0 Å². The Morgan fingerprint density at radius 1 is 0.870 bits per heavy atom. The van der Waals surface area contributed by atoms with E-state index in [1.807, 2.05) is 0 Å². The lowest BCUT2D eigenvalue weighted by atomic mass is 10.1. The second kappa shape index (κ2) is 5.38. The van der Waals surface area contributed by atoms with Crippen molar-refractivity contribution in [1.29, 1.82) is 0 Å². The van der Waals surface area contributed by atoms with E-state index in [9.17, 15) is 26.7 Å². The number of halogens is 5. The summed E-state index contributed by atoms with van der Waals surface area (Å²) < 4.78 is 70.4. The van der Waals surface area contributed by atoms with Gasteiger partial charge in [-0.15, -0.1) is 0 Å². The molecule has 1 heterocycles. The Kier molecular flexibility index (Phi) is 3.51. The number of hydrogen-bond acceptors (Lipinski definition) is 2. The Balaban J connectivity index is 2.00. The number of carbonyl (C=O) groups is 1. The van der Waals surface area contributed by atoms with Gasteiger partial charge in [0, 0.05) is 17.1 Å². The fraction of sp³-hybridized carbons (Fsp3) is 0. The van der Waals surface area contributed by atoms with Crippen molar-refractivity contribution in [2.45, 2.75) is 0 Å². The number of aromatic amines is 1. The Morgan fingerprint density at radius 3 is 2.13 bits per heavy atom. The summed E-state index contributed by atoms with van der Waals surface area (Å²) in [5.41, 5.74) is 0.582. The molecule has 1 aromatic heterocycles. The van der Waals surface area contributed by atoms with Crippen LogP contribution in [0.25, 0.3) is 10.9 Å². The van der Waals surface area contributed by atoms with E-state index in [-0.39, 0.29) is 5.56 Å². The SMILES string of the molecule is O=C(Oc1c(F)c(F)c(F)c(F)c1F)c1ccc2[nH]ccc2c1. The Bertz CT molecular complexity index is 906. The third kappa shape index (κ3) is 2.41. The third-order valence-electron chi connectivity index (χ3n) is 3.15. The van der Waals surface area contributed by atoms with Crippen LogP contribution in [0.3, 0.4) is 0 Å². The van der Waals surface area contributed by atoms with Gasteiger partial charge < -0.3 is 9.72 Å². The molecule has 0 unspecified atom stereocenters. The fourth-order valence-electron chi connectivity index (χ4n) is 2.01. The number of fused-ring (bicyclic) bond motifs is 1. The predicted octanol–water partition coefficient (Wildman–Crippen LogP) is 4.08. The second-order valence-electron chi connectivity index (χ2n) is 4.57. The lowest BCUT2D eigenvalue weighted by molar-refractivity contribution is 0.0716. The molecule has 8 heteroatoms. The van der Waals surface area contributed by atoms with Crippen LogP contribution in [0.4, 0.5) is 22.0 Å². The molecule has 1 N–H and O–H groups in total. The molecule has 0 fully saturated rings. The summed E-state index contributed by atoms with van der Waals surface area (Å²) >= 11 is 0. The van der Waals surface area contributed by atoms with Crippen LogP contribution in [-0.4, -0.2) is 11.0 Å². The van der Waals surface area contributed by atoms with Gasteiger partial charge in [-0.3, -0.25) is 0 Å². The van der Waals surface area contributed by atoms with Gasteiger partial charge >= 0.3 is 5.97 Å². The van der Waals surface area contributed by atoms with Crippen LogP contribution in [0, 0.1) is 29.1 Å². The van der Waals surface area contributed by atoms with Crippen LogP contribution in [0.15, 0.2) is 30.5 Å². The zero-order valence-corrected chi connectivity index (χ0v) is 11.1. The molecule has 0 amide bonds. The highest BCUT2D eigenvalue weighted by atomic mass is 19.2. The molecule has 0 atom stereocenters. The zero-order valence-electron chi connectivity index (χ0n) is 11.1. The van der Waals surface area contributed by atoms with E-state index in [4.69, 9.17) is 0 Å². The Labute approximate surface area is 125 Å². The van der Waals surface area contributed by atoms with Crippen molar-refractivity contribution in [3.05, 3.63) is 65.1 Å². The van der Waals surface area contributed by atoms with Crippen LogP contribution < -0.4 is 4.74 Å². The van der Waals surface area contributed by atoms with Crippen molar-refractivity contribution >= 4 is 16.9 Å². The topological polar surface area (TPSA) is 42.1 Å². The minimum absolute atomic E-state index is 0.110. The average Bonchev–Trinajstić information content (AvgIpc) is 3.02. The maximum Gasteiger partial charge on any atom is 0.343 e. The standard InChI is InChI=1S/C15H6F5NO2/c16-9-10(17)12(19)14(13(20)11(9)18)23-15(22)7-1-2-8-6(5-7)3-4-21-8/h1-5,21H. The van der Waals surface area contributed by atoms with Gasteiger partial charge in [-0.25, -0.2) is 18.0 Å². The largest absolute Gasteiger partial charge is 0.416 e. The van der Waals surface area contributed by atoms with Gasteiger partial charge in [0.05, 0.1) is 5.56 Å². The molecule has 0 aliphatic rings. The minimum Gasteiger partial charge on any atom is -0.416 e. The van der Waals surface area contributed by atoms with Crippen LogP contribution in [-0.2, 0) is 0 Å². The summed E-state index contributed by atoms with van der Waals surface area (Å²) in [5, 5.41) is 0.608. The smallest absolute Gasteiger partial charge is 0.343 e. The lowest BCUT2D eigenvalue weighted by Gasteiger charge is -2.09. The van der Waals surface area contributed by atoms with Gasteiger partial charge in [-0.2, -0.15) is 8.78 Å². The number of rotatable bonds is 2. The van der Waals surface area contributed by atoms with E-state index in [2.05, 4.69) is 9.72 Å². The summed E-state index contributed by atoms with van der Waals surface area (Å²) in [5.74, 6) is -14.0. The molecule has 0 aliphatic heterocycles. The molecular weight excluding hydrogens is 321 g/mol. The number of hydrogen-bond donors (Lipinski definition) is 1. The molecule has 0 bridgehead atoms. The van der Waals surface area contributed by atoms with E-state index in [1.54, 1.807) is 12.3 Å². The highest BCUT2D eigenvalue weighted by molar-refractivity contribution is 5.95. The van der Waals surface area contributed by atoms with Gasteiger partial charge in [0.1, 0.15) is 0 Å². The van der Waals surface area contributed by atoms with Crippen molar-refractivity contribution in [2.24, 2.45) is 0 Å². The number of carbonyl (C=O) groups excluding carboxylic acids is 1. The third-order valence-corrected chi connectivity index (χ3v) is 3.15. The van der Waals surface area contributed by atoms with Crippen molar-refractivity contribution < 1.29 is 31.5 Å². The quantitative estimate of drug-likeness (QED) is 0.253. The number of aromatic nitrogens is 1. The van der Waals surface area contributed by atoms with E-state index >= 15 is 0 Å². The average molecular weight is 327 g/mol. The number of H-pyrrole nitrogens is 1.